The van der Waals surface area contributed by atoms with Crippen molar-refractivity contribution < 1.29 is 22.0 Å². The molecule has 0 saturated heterocycles. The zero-order valence-corrected chi connectivity index (χ0v) is 6.17. The molecule has 0 radical (unpaired) electrons. The minimum absolute atomic E-state index is 0.489. The van der Waals surface area contributed by atoms with E-state index in [1.54, 1.807) is 0 Å². The van der Waals surface area contributed by atoms with Gasteiger partial charge in [0.15, 0.2) is 0 Å². The second-order valence-corrected chi connectivity index (χ2v) is 2.68. The van der Waals surface area contributed by atoms with Crippen molar-refractivity contribution in [2.24, 2.45) is 5.92 Å². The Kier molecular flexibility index (Phi) is 2.85. The molecule has 68 valence electrons. The summed E-state index contributed by atoms with van der Waals surface area (Å²) < 4.78 is 58.8. The first kappa shape index (κ1) is 10.7. The summed E-state index contributed by atoms with van der Waals surface area (Å²) in [4.78, 5) is 0. The summed E-state index contributed by atoms with van der Waals surface area (Å²) in [6.07, 6.45) is -5.94. The number of hydrogen-bond donors (Lipinski definition) is 0. The Bertz CT molecular complexity index is 120. The van der Waals surface area contributed by atoms with Gasteiger partial charge < -0.3 is 0 Å². The molecule has 0 spiro atoms. The van der Waals surface area contributed by atoms with E-state index in [-0.39, 0.29) is 0 Å². The van der Waals surface area contributed by atoms with Crippen LogP contribution in [-0.2, 0) is 0 Å². The third kappa shape index (κ3) is 4.98. The molecule has 0 amide bonds. The van der Waals surface area contributed by atoms with Crippen molar-refractivity contribution in [3.05, 3.63) is 0 Å². The normalized spacial score (nSPS) is 16.6. The highest BCUT2D eigenvalue weighted by atomic mass is 19.4. The Morgan fingerprint density at radius 3 is 1.55 bits per heavy atom. The average Bonchev–Trinajstić information content (AvgIpc) is 1.56. The zero-order valence-electron chi connectivity index (χ0n) is 6.17. The number of alkyl halides is 5. The van der Waals surface area contributed by atoms with Crippen LogP contribution in [0.4, 0.5) is 22.0 Å². The van der Waals surface area contributed by atoms with Gasteiger partial charge in [0.1, 0.15) is 0 Å². The van der Waals surface area contributed by atoms with Gasteiger partial charge in [-0.1, -0.05) is 6.92 Å². The van der Waals surface area contributed by atoms with Crippen LogP contribution in [-0.4, -0.2) is 12.1 Å². The molecular formula is C6H9F5. The lowest BCUT2D eigenvalue weighted by molar-refractivity contribution is -0.167. The SMILES string of the molecule is CC(CC(F)(F)F)C(C)(F)F. The molecule has 5 heteroatoms. The topological polar surface area (TPSA) is 0 Å². The van der Waals surface area contributed by atoms with Crippen molar-refractivity contribution in [3.63, 3.8) is 0 Å². The van der Waals surface area contributed by atoms with Crippen LogP contribution in [0.5, 0.6) is 0 Å². The molecule has 0 aliphatic heterocycles. The molecule has 1 unspecified atom stereocenters. The van der Waals surface area contributed by atoms with Crippen LogP contribution in [0.15, 0.2) is 0 Å². The Labute approximate surface area is 61.4 Å². The maximum Gasteiger partial charge on any atom is 0.389 e. The van der Waals surface area contributed by atoms with Crippen LogP contribution in [0.2, 0.25) is 0 Å². The molecule has 0 nitrogen and oxygen atoms in total. The molecule has 0 aromatic rings. The monoisotopic (exact) mass is 176 g/mol. The summed E-state index contributed by atoms with van der Waals surface area (Å²) in [5, 5.41) is 0. The van der Waals surface area contributed by atoms with E-state index in [0.29, 0.717) is 6.92 Å². The van der Waals surface area contributed by atoms with Crippen molar-refractivity contribution in [3.8, 4) is 0 Å². The van der Waals surface area contributed by atoms with Gasteiger partial charge >= 0.3 is 6.18 Å². The molecule has 0 bridgehead atoms. The quantitative estimate of drug-likeness (QED) is 0.566. The lowest BCUT2D eigenvalue weighted by Crippen LogP contribution is -2.26. The summed E-state index contributed by atoms with van der Waals surface area (Å²) in [5.41, 5.74) is 0. The van der Waals surface area contributed by atoms with Crippen molar-refractivity contribution in [1.29, 1.82) is 0 Å². The number of halogens is 5. The van der Waals surface area contributed by atoms with Gasteiger partial charge in [-0.25, -0.2) is 8.78 Å². The van der Waals surface area contributed by atoms with Crippen LogP contribution >= 0.6 is 0 Å². The van der Waals surface area contributed by atoms with Gasteiger partial charge in [0.25, 0.3) is 0 Å². The lowest BCUT2D eigenvalue weighted by atomic mass is 10.0. The van der Waals surface area contributed by atoms with Crippen LogP contribution in [0.3, 0.4) is 0 Å². The van der Waals surface area contributed by atoms with Crippen molar-refractivity contribution in [2.45, 2.75) is 32.4 Å². The fraction of sp³-hybridized carbons (Fsp3) is 1.00. The van der Waals surface area contributed by atoms with E-state index >= 15 is 0 Å². The minimum Gasteiger partial charge on any atom is -0.207 e. The highest BCUT2D eigenvalue weighted by molar-refractivity contribution is 4.70. The van der Waals surface area contributed by atoms with Crippen molar-refractivity contribution in [1.82, 2.24) is 0 Å². The average molecular weight is 176 g/mol. The van der Waals surface area contributed by atoms with Gasteiger partial charge in [-0.3, -0.25) is 0 Å². The van der Waals surface area contributed by atoms with Crippen LogP contribution in [0.1, 0.15) is 20.3 Å². The summed E-state index contributed by atoms with van der Waals surface area (Å²) in [6.45, 7) is 1.37. The Morgan fingerprint density at radius 1 is 1.09 bits per heavy atom. The van der Waals surface area contributed by atoms with Crippen molar-refractivity contribution in [2.75, 3.05) is 0 Å². The van der Waals surface area contributed by atoms with Gasteiger partial charge in [-0.15, -0.1) is 0 Å². The zero-order chi connectivity index (χ0) is 9.28. The summed E-state index contributed by atoms with van der Waals surface area (Å²) in [7, 11) is 0. The predicted octanol–water partition coefficient (Wildman–Crippen LogP) is 3.23. The van der Waals surface area contributed by atoms with E-state index in [4.69, 9.17) is 0 Å². The first-order valence-electron chi connectivity index (χ1n) is 3.07. The first-order chi connectivity index (χ1) is 4.63. The van der Waals surface area contributed by atoms with E-state index in [1.165, 1.54) is 0 Å². The summed E-state index contributed by atoms with van der Waals surface area (Å²) in [5.74, 6) is -4.90. The molecule has 0 saturated carbocycles. The van der Waals surface area contributed by atoms with Crippen LogP contribution < -0.4 is 0 Å². The van der Waals surface area contributed by atoms with Crippen molar-refractivity contribution >= 4 is 0 Å². The maximum absolute atomic E-state index is 12.1. The molecule has 0 aromatic carbocycles. The third-order valence-corrected chi connectivity index (χ3v) is 1.40. The molecule has 0 aliphatic carbocycles. The van der Waals surface area contributed by atoms with E-state index in [1.807, 2.05) is 0 Å². The fourth-order valence-corrected chi connectivity index (χ4v) is 0.526. The number of rotatable bonds is 2. The summed E-state index contributed by atoms with van der Waals surface area (Å²) >= 11 is 0. The molecular weight excluding hydrogens is 167 g/mol. The second kappa shape index (κ2) is 2.95. The highest BCUT2D eigenvalue weighted by Gasteiger charge is 2.39. The van der Waals surface area contributed by atoms with E-state index in [9.17, 15) is 22.0 Å². The highest BCUT2D eigenvalue weighted by Crippen LogP contribution is 2.33. The fourth-order valence-electron chi connectivity index (χ4n) is 0.526. The molecule has 0 aromatic heterocycles. The third-order valence-electron chi connectivity index (χ3n) is 1.40. The van der Waals surface area contributed by atoms with E-state index in [0.717, 1.165) is 6.92 Å². The molecule has 11 heavy (non-hydrogen) atoms. The smallest absolute Gasteiger partial charge is 0.207 e. The number of hydrogen-bond acceptors (Lipinski definition) is 0. The lowest BCUT2D eigenvalue weighted by Gasteiger charge is -2.20. The Balaban J connectivity index is 3.99. The Hall–Kier alpha value is -0.350. The summed E-state index contributed by atoms with van der Waals surface area (Å²) in [6, 6.07) is 0. The Morgan fingerprint density at radius 2 is 1.45 bits per heavy atom. The van der Waals surface area contributed by atoms with Crippen LogP contribution in [0, 0.1) is 5.92 Å². The first-order valence-corrected chi connectivity index (χ1v) is 3.07. The largest absolute Gasteiger partial charge is 0.389 e. The van der Waals surface area contributed by atoms with E-state index < -0.39 is 24.4 Å². The van der Waals surface area contributed by atoms with Crippen LogP contribution in [0.25, 0.3) is 0 Å². The van der Waals surface area contributed by atoms with Gasteiger partial charge in [-0.05, 0) is 6.92 Å². The van der Waals surface area contributed by atoms with Gasteiger partial charge in [0.2, 0.25) is 5.92 Å². The standard InChI is InChI=1S/C6H9F5/c1-4(5(2,7)8)3-6(9,10)11/h4H,3H2,1-2H3. The molecule has 0 N–H and O–H groups in total. The van der Waals surface area contributed by atoms with Gasteiger partial charge in [0, 0.05) is 5.92 Å². The molecule has 1 atom stereocenters. The van der Waals surface area contributed by atoms with E-state index in [2.05, 4.69) is 0 Å². The molecule has 0 fully saturated rings. The molecule has 0 heterocycles. The minimum atomic E-state index is -4.50. The second-order valence-electron chi connectivity index (χ2n) is 2.68. The predicted molar refractivity (Wildman–Crippen MR) is 30.5 cm³/mol. The molecule has 0 rings (SSSR count). The van der Waals surface area contributed by atoms with Gasteiger partial charge in [0.05, 0.1) is 6.42 Å². The molecule has 0 aliphatic rings. The van der Waals surface area contributed by atoms with Gasteiger partial charge in [-0.2, -0.15) is 13.2 Å². The maximum atomic E-state index is 12.1.